The van der Waals surface area contributed by atoms with Crippen LogP contribution in [0.25, 0.3) is 0 Å². The zero-order valence-corrected chi connectivity index (χ0v) is 16.0. The molecule has 0 fully saturated rings. The maximum absolute atomic E-state index is 13.3. The van der Waals surface area contributed by atoms with E-state index < -0.39 is 0 Å². The zero-order chi connectivity index (χ0) is 18.5. The van der Waals surface area contributed by atoms with Crippen molar-refractivity contribution < 1.29 is 9.13 Å². The van der Waals surface area contributed by atoms with Gasteiger partial charge >= 0.3 is 0 Å². The quantitative estimate of drug-likeness (QED) is 0.357. The number of hydrogen-bond donors (Lipinski definition) is 0. The molecule has 0 saturated heterocycles. The Kier molecular flexibility index (Phi) is 6.12. The minimum absolute atomic E-state index is 0.235. The first-order valence-electron chi connectivity index (χ1n) is 8.19. The fourth-order valence-corrected chi connectivity index (χ4v) is 3.16. The summed E-state index contributed by atoms with van der Waals surface area (Å²) in [6, 6.07) is 15.5. The van der Waals surface area contributed by atoms with Crippen LogP contribution in [0.5, 0.6) is 11.6 Å². The molecule has 26 heavy (non-hydrogen) atoms. The van der Waals surface area contributed by atoms with Gasteiger partial charge < -0.3 is 4.74 Å². The summed E-state index contributed by atoms with van der Waals surface area (Å²) in [7, 11) is 0. The fourth-order valence-electron chi connectivity index (χ4n) is 2.23. The number of nitrogens with zero attached hydrogens (tertiary/aromatic N) is 2. The third kappa shape index (κ3) is 5.19. The Labute approximate surface area is 161 Å². The van der Waals surface area contributed by atoms with Crippen LogP contribution in [0.2, 0.25) is 5.02 Å². The Morgan fingerprint density at radius 3 is 2.54 bits per heavy atom. The maximum atomic E-state index is 13.3. The van der Waals surface area contributed by atoms with E-state index >= 15 is 0 Å². The summed E-state index contributed by atoms with van der Waals surface area (Å²) in [5.41, 5.74) is 1.78. The van der Waals surface area contributed by atoms with Crippen molar-refractivity contribution in [3.63, 3.8) is 0 Å². The van der Waals surface area contributed by atoms with Gasteiger partial charge in [-0.25, -0.2) is 9.37 Å². The predicted octanol–water partition coefficient (Wildman–Crippen LogP) is 6.48. The van der Waals surface area contributed by atoms with E-state index in [4.69, 9.17) is 16.3 Å². The van der Waals surface area contributed by atoms with Crippen LogP contribution in [0, 0.1) is 5.82 Å². The van der Waals surface area contributed by atoms with E-state index in [0.29, 0.717) is 27.6 Å². The second-order valence-electron chi connectivity index (χ2n) is 6.04. The SMILES string of the molecule is CC(C)c1cc(Oc2ccc(Cl)cc2)nc(SCc2cccc(F)c2)n1. The van der Waals surface area contributed by atoms with Gasteiger partial charge in [0.15, 0.2) is 5.16 Å². The van der Waals surface area contributed by atoms with E-state index in [9.17, 15) is 4.39 Å². The monoisotopic (exact) mass is 388 g/mol. The number of benzene rings is 2. The van der Waals surface area contributed by atoms with Crippen molar-refractivity contribution in [2.24, 2.45) is 0 Å². The molecule has 3 aromatic rings. The van der Waals surface area contributed by atoms with Crippen LogP contribution in [0.1, 0.15) is 31.0 Å². The van der Waals surface area contributed by atoms with Gasteiger partial charge in [0.1, 0.15) is 11.6 Å². The van der Waals surface area contributed by atoms with Gasteiger partial charge in [0.2, 0.25) is 5.88 Å². The zero-order valence-electron chi connectivity index (χ0n) is 14.4. The average Bonchev–Trinajstić information content (AvgIpc) is 2.62. The van der Waals surface area contributed by atoms with Crippen molar-refractivity contribution in [3.05, 3.63) is 76.7 Å². The van der Waals surface area contributed by atoms with E-state index in [1.54, 1.807) is 30.3 Å². The van der Waals surface area contributed by atoms with Crippen molar-refractivity contribution >= 4 is 23.4 Å². The van der Waals surface area contributed by atoms with Gasteiger partial charge in [-0.2, -0.15) is 4.98 Å². The number of thioether (sulfide) groups is 1. The van der Waals surface area contributed by atoms with Crippen LogP contribution in [0.4, 0.5) is 4.39 Å². The highest BCUT2D eigenvalue weighted by Gasteiger charge is 2.11. The molecule has 134 valence electrons. The Morgan fingerprint density at radius 1 is 1.08 bits per heavy atom. The molecule has 0 N–H and O–H groups in total. The lowest BCUT2D eigenvalue weighted by Gasteiger charge is -2.11. The van der Waals surface area contributed by atoms with Crippen molar-refractivity contribution in [2.75, 3.05) is 0 Å². The van der Waals surface area contributed by atoms with Crippen molar-refractivity contribution in [2.45, 2.75) is 30.7 Å². The highest BCUT2D eigenvalue weighted by molar-refractivity contribution is 7.98. The smallest absolute Gasteiger partial charge is 0.223 e. The second kappa shape index (κ2) is 8.52. The maximum Gasteiger partial charge on any atom is 0.223 e. The summed E-state index contributed by atoms with van der Waals surface area (Å²) in [6.45, 7) is 4.13. The number of aromatic nitrogens is 2. The van der Waals surface area contributed by atoms with Crippen molar-refractivity contribution in [1.29, 1.82) is 0 Å². The first-order valence-corrected chi connectivity index (χ1v) is 9.55. The Bertz CT molecular complexity index is 887. The Morgan fingerprint density at radius 2 is 1.85 bits per heavy atom. The molecule has 0 amide bonds. The number of ether oxygens (including phenoxy) is 1. The van der Waals surface area contributed by atoms with Crippen LogP contribution in [-0.4, -0.2) is 9.97 Å². The number of halogens is 2. The van der Waals surface area contributed by atoms with Gasteiger partial charge in [-0.15, -0.1) is 0 Å². The third-order valence-electron chi connectivity index (χ3n) is 3.59. The molecule has 0 bridgehead atoms. The molecular formula is C20H18ClFN2OS. The summed E-state index contributed by atoms with van der Waals surface area (Å²) < 4.78 is 19.2. The normalized spacial score (nSPS) is 11.0. The fraction of sp³-hybridized carbons (Fsp3) is 0.200. The third-order valence-corrected chi connectivity index (χ3v) is 4.76. The topological polar surface area (TPSA) is 35.0 Å². The highest BCUT2D eigenvalue weighted by atomic mass is 35.5. The summed E-state index contributed by atoms with van der Waals surface area (Å²) in [5.74, 6) is 1.71. The Balaban J connectivity index is 1.80. The molecule has 0 spiro atoms. The first-order chi connectivity index (χ1) is 12.5. The lowest BCUT2D eigenvalue weighted by molar-refractivity contribution is 0.453. The lowest BCUT2D eigenvalue weighted by Crippen LogP contribution is -2.00. The van der Waals surface area contributed by atoms with Crippen LogP contribution in [0.15, 0.2) is 59.8 Å². The number of hydrogen-bond acceptors (Lipinski definition) is 4. The van der Waals surface area contributed by atoms with Gasteiger partial charge in [-0.05, 0) is 47.9 Å². The first kappa shape index (κ1) is 18.7. The van der Waals surface area contributed by atoms with Gasteiger partial charge in [-0.3, -0.25) is 0 Å². The molecule has 1 aromatic heterocycles. The predicted molar refractivity (Wildman–Crippen MR) is 104 cm³/mol. The van der Waals surface area contributed by atoms with E-state index in [1.807, 2.05) is 12.1 Å². The lowest BCUT2D eigenvalue weighted by atomic mass is 10.1. The van der Waals surface area contributed by atoms with Gasteiger partial charge in [0, 0.05) is 16.8 Å². The van der Waals surface area contributed by atoms with E-state index in [-0.39, 0.29) is 11.7 Å². The number of rotatable bonds is 6. The largest absolute Gasteiger partial charge is 0.439 e. The van der Waals surface area contributed by atoms with Crippen molar-refractivity contribution in [1.82, 2.24) is 9.97 Å². The van der Waals surface area contributed by atoms with Crippen LogP contribution >= 0.6 is 23.4 Å². The Hall–Kier alpha value is -2.11. The van der Waals surface area contributed by atoms with Gasteiger partial charge in [0.25, 0.3) is 0 Å². The van der Waals surface area contributed by atoms with Gasteiger partial charge in [0.05, 0.1) is 5.69 Å². The molecule has 6 heteroatoms. The standard InChI is InChI=1S/C20H18ClFN2OS/c1-13(2)18-11-19(25-17-8-6-15(21)7-9-17)24-20(23-18)26-12-14-4-3-5-16(22)10-14/h3-11,13H,12H2,1-2H3. The summed E-state index contributed by atoms with van der Waals surface area (Å²) in [4.78, 5) is 9.06. The van der Waals surface area contributed by atoms with E-state index in [1.165, 1.54) is 23.9 Å². The molecule has 3 rings (SSSR count). The molecular weight excluding hydrogens is 371 g/mol. The van der Waals surface area contributed by atoms with E-state index in [2.05, 4.69) is 23.8 Å². The molecule has 3 nitrogen and oxygen atoms in total. The molecule has 0 aliphatic heterocycles. The van der Waals surface area contributed by atoms with Crippen molar-refractivity contribution in [3.8, 4) is 11.6 Å². The molecule has 1 heterocycles. The summed E-state index contributed by atoms with van der Waals surface area (Å²) in [6.07, 6.45) is 0. The van der Waals surface area contributed by atoms with Crippen LogP contribution in [0.3, 0.4) is 0 Å². The van der Waals surface area contributed by atoms with Crippen LogP contribution in [-0.2, 0) is 5.75 Å². The summed E-state index contributed by atoms with van der Waals surface area (Å²) >= 11 is 7.36. The average molecular weight is 389 g/mol. The molecule has 0 unspecified atom stereocenters. The highest BCUT2D eigenvalue weighted by Crippen LogP contribution is 2.28. The summed E-state index contributed by atoms with van der Waals surface area (Å²) in [5, 5.41) is 1.25. The molecule has 0 radical (unpaired) electrons. The second-order valence-corrected chi connectivity index (χ2v) is 7.42. The van der Waals surface area contributed by atoms with E-state index in [0.717, 1.165) is 11.3 Å². The van der Waals surface area contributed by atoms with Crippen LogP contribution < -0.4 is 4.74 Å². The molecule has 0 saturated carbocycles. The van der Waals surface area contributed by atoms with Gasteiger partial charge in [-0.1, -0.05) is 49.3 Å². The minimum Gasteiger partial charge on any atom is -0.439 e. The molecule has 0 atom stereocenters. The molecule has 2 aromatic carbocycles. The molecule has 0 aliphatic carbocycles. The molecule has 0 aliphatic rings. The minimum atomic E-state index is -0.244.